The van der Waals surface area contributed by atoms with Crippen molar-refractivity contribution in [1.29, 1.82) is 0 Å². The molecule has 5 nitrogen and oxygen atoms in total. The van der Waals surface area contributed by atoms with Crippen LogP contribution in [-0.4, -0.2) is 29.7 Å². The van der Waals surface area contributed by atoms with Crippen LogP contribution in [0.1, 0.15) is 25.6 Å². The summed E-state index contributed by atoms with van der Waals surface area (Å²) in [5.41, 5.74) is 7.53. The number of rotatable bonds is 5. The molecule has 0 saturated carbocycles. The van der Waals surface area contributed by atoms with Crippen LogP contribution in [0.4, 0.5) is 0 Å². The Balaban J connectivity index is 1.76. The molecule has 2 heterocycles. The highest BCUT2D eigenvalue weighted by Gasteiger charge is 2.15. The predicted molar refractivity (Wildman–Crippen MR) is 78.2 cm³/mol. The Kier molecular flexibility index (Phi) is 3.78. The second kappa shape index (κ2) is 5.71. The van der Waals surface area contributed by atoms with Gasteiger partial charge in [0.1, 0.15) is 19.0 Å². The minimum absolute atomic E-state index is 0.604. The average molecular weight is 275 g/mol. The number of fused-ring (bicyclic) bond motifs is 2. The Morgan fingerprint density at radius 2 is 2.00 bits per heavy atom. The van der Waals surface area contributed by atoms with Crippen molar-refractivity contribution in [3.63, 3.8) is 0 Å². The Morgan fingerprint density at radius 3 is 2.75 bits per heavy atom. The van der Waals surface area contributed by atoms with E-state index in [0.717, 1.165) is 54.2 Å². The van der Waals surface area contributed by atoms with E-state index in [1.807, 2.05) is 12.1 Å². The first-order valence-corrected chi connectivity index (χ1v) is 7.24. The summed E-state index contributed by atoms with van der Waals surface area (Å²) in [6, 6.07) is 3.93. The fourth-order valence-corrected chi connectivity index (χ4v) is 2.53. The van der Waals surface area contributed by atoms with Crippen molar-refractivity contribution in [2.45, 2.75) is 26.2 Å². The first-order chi connectivity index (χ1) is 9.76. The molecule has 108 valence electrons. The van der Waals surface area contributed by atoms with Crippen LogP contribution in [0.3, 0.4) is 0 Å². The summed E-state index contributed by atoms with van der Waals surface area (Å²) in [5.74, 6) is 3.24. The highest BCUT2D eigenvalue weighted by molar-refractivity contribution is 5.79. The number of imidazole rings is 1. The maximum atomic E-state index is 5.58. The fraction of sp³-hybridized carbons (Fsp3) is 0.533. The van der Waals surface area contributed by atoms with Gasteiger partial charge in [-0.1, -0.05) is 6.92 Å². The molecule has 1 aromatic carbocycles. The number of H-pyrrole nitrogens is 1. The van der Waals surface area contributed by atoms with E-state index < -0.39 is 0 Å². The SMILES string of the molecule is CC(CCN)CCc1nc2cc3c(cc2[nH]1)OCCO3. The smallest absolute Gasteiger partial charge is 0.163 e. The lowest BCUT2D eigenvalue weighted by atomic mass is 10.0. The monoisotopic (exact) mass is 275 g/mol. The van der Waals surface area contributed by atoms with Crippen LogP contribution < -0.4 is 15.2 Å². The van der Waals surface area contributed by atoms with Crippen LogP contribution in [0, 0.1) is 5.92 Å². The van der Waals surface area contributed by atoms with Gasteiger partial charge in [0.15, 0.2) is 11.5 Å². The van der Waals surface area contributed by atoms with E-state index in [-0.39, 0.29) is 0 Å². The molecule has 1 aliphatic rings. The molecule has 3 N–H and O–H groups in total. The second-order valence-electron chi connectivity index (χ2n) is 5.42. The van der Waals surface area contributed by atoms with E-state index in [1.165, 1.54) is 0 Å². The van der Waals surface area contributed by atoms with Crippen molar-refractivity contribution in [2.75, 3.05) is 19.8 Å². The molecule has 5 heteroatoms. The van der Waals surface area contributed by atoms with E-state index in [1.54, 1.807) is 0 Å². The summed E-state index contributed by atoms with van der Waals surface area (Å²) in [6.07, 6.45) is 3.11. The number of aromatic nitrogens is 2. The zero-order chi connectivity index (χ0) is 13.9. The summed E-state index contributed by atoms with van der Waals surface area (Å²) in [4.78, 5) is 8.00. The molecule has 1 unspecified atom stereocenters. The van der Waals surface area contributed by atoms with Crippen LogP contribution >= 0.6 is 0 Å². The van der Waals surface area contributed by atoms with Gasteiger partial charge in [0.05, 0.1) is 11.0 Å². The molecule has 1 aliphatic heterocycles. The number of aryl methyl sites for hydroxylation is 1. The zero-order valence-electron chi connectivity index (χ0n) is 11.8. The normalized spacial score (nSPS) is 15.5. The Morgan fingerprint density at radius 1 is 1.25 bits per heavy atom. The van der Waals surface area contributed by atoms with Crippen LogP contribution in [0.25, 0.3) is 11.0 Å². The predicted octanol–water partition coefficient (Wildman–Crippen LogP) is 2.25. The lowest BCUT2D eigenvalue weighted by molar-refractivity contribution is 0.172. The molecular formula is C15H21N3O2. The summed E-state index contributed by atoms with van der Waals surface area (Å²) in [5, 5.41) is 0. The van der Waals surface area contributed by atoms with Gasteiger partial charge in [0.2, 0.25) is 0 Å². The Labute approximate surface area is 118 Å². The molecule has 0 spiro atoms. The molecule has 1 atom stereocenters. The number of hydrogen-bond acceptors (Lipinski definition) is 4. The molecule has 0 radical (unpaired) electrons. The molecule has 0 fully saturated rings. The van der Waals surface area contributed by atoms with E-state index in [0.29, 0.717) is 19.1 Å². The molecule has 1 aromatic heterocycles. The van der Waals surface area contributed by atoms with Gasteiger partial charge in [-0.3, -0.25) is 0 Å². The number of nitrogens with two attached hydrogens (primary N) is 1. The topological polar surface area (TPSA) is 73.2 Å². The van der Waals surface area contributed by atoms with Crippen LogP contribution in [0.2, 0.25) is 0 Å². The van der Waals surface area contributed by atoms with Crippen LogP contribution in [0.15, 0.2) is 12.1 Å². The molecule has 0 bridgehead atoms. The lowest BCUT2D eigenvalue weighted by Gasteiger charge is -2.17. The number of benzene rings is 1. The molecular weight excluding hydrogens is 254 g/mol. The maximum Gasteiger partial charge on any atom is 0.163 e. The van der Waals surface area contributed by atoms with Gasteiger partial charge in [-0.05, 0) is 25.3 Å². The quantitative estimate of drug-likeness (QED) is 0.877. The number of nitrogens with one attached hydrogen (secondary N) is 1. The number of nitrogens with zero attached hydrogens (tertiary/aromatic N) is 1. The molecule has 0 aliphatic carbocycles. The summed E-state index contributed by atoms with van der Waals surface area (Å²) < 4.78 is 11.2. The molecule has 0 amide bonds. The highest BCUT2D eigenvalue weighted by atomic mass is 16.6. The van der Waals surface area contributed by atoms with Crippen molar-refractivity contribution < 1.29 is 9.47 Å². The van der Waals surface area contributed by atoms with E-state index >= 15 is 0 Å². The highest BCUT2D eigenvalue weighted by Crippen LogP contribution is 2.33. The van der Waals surface area contributed by atoms with Gasteiger partial charge >= 0.3 is 0 Å². The first-order valence-electron chi connectivity index (χ1n) is 7.24. The standard InChI is InChI=1S/C15H21N3O2/c1-10(4-5-16)2-3-15-17-11-8-13-14(9-12(11)18-15)20-7-6-19-13/h8-10H,2-7,16H2,1H3,(H,17,18). The summed E-state index contributed by atoms with van der Waals surface area (Å²) >= 11 is 0. The third kappa shape index (κ3) is 2.72. The van der Waals surface area contributed by atoms with Gasteiger partial charge < -0.3 is 20.2 Å². The van der Waals surface area contributed by atoms with E-state index in [4.69, 9.17) is 15.2 Å². The summed E-state index contributed by atoms with van der Waals surface area (Å²) in [6.45, 7) is 4.20. The minimum atomic E-state index is 0.604. The number of aromatic amines is 1. The molecule has 0 saturated heterocycles. The van der Waals surface area contributed by atoms with E-state index in [2.05, 4.69) is 16.9 Å². The molecule has 2 aromatic rings. The lowest BCUT2D eigenvalue weighted by Crippen LogP contribution is -2.15. The molecule has 20 heavy (non-hydrogen) atoms. The van der Waals surface area contributed by atoms with Crippen LogP contribution in [0.5, 0.6) is 11.5 Å². The van der Waals surface area contributed by atoms with Gasteiger partial charge in [0, 0.05) is 18.6 Å². The largest absolute Gasteiger partial charge is 0.486 e. The maximum absolute atomic E-state index is 5.58. The van der Waals surface area contributed by atoms with Gasteiger partial charge in [-0.15, -0.1) is 0 Å². The van der Waals surface area contributed by atoms with Crippen molar-refractivity contribution in [2.24, 2.45) is 11.7 Å². The van der Waals surface area contributed by atoms with Crippen molar-refractivity contribution >= 4 is 11.0 Å². The second-order valence-corrected chi connectivity index (χ2v) is 5.42. The fourth-order valence-electron chi connectivity index (χ4n) is 2.53. The number of ether oxygens (including phenoxy) is 2. The zero-order valence-corrected chi connectivity index (χ0v) is 11.8. The molecule has 3 rings (SSSR count). The van der Waals surface area contributed by atoms with Gasteiger partial charge in [-0.2, -0.15) is 0 Å². The van der Waals surface area contributed by atoms with Crippen molar-refractivity contribution in [1.82, 2.24) is 9.97 Å². The van der Waals surface area contributed by atoms with Gasteiger partial charge in [0.25, 0.3) is 0 Å². The average Bonchev–Trinajstić information content (AvgIpc) is 2.84. The number of hydrogen-bond donors (Lipinski definition) is 2. The van der Waals surface area contributed by atoms with Crippen molar-refractivity contribution in [3.8, 4) is 11.5 Å². The Bertz CT molecular complexity index is 551. The summed E-state index contributed by atoms with van der Waals surface area (Å²) in [7, 11) is 0. The van der Waals surface area contributed by atoms with Gasteiger partial charge in [-0.25, -0.2) is 4.98 Å². The van der Waals surface area contributed by atoms with Crippen molar-refractivity contribution in [3.05, 3.63) is 18.0 Å². The van der Waals surface area contributed by atoms with Crippen LogP contribution in [-0.2, 0) is 6.42 Å². The minimum Gasteiger partial charge on any atom is -0.486 e. The first kappa shape index (κ1) is 13.2. The third-order valence-electron chi connectivity index (χ3n) is 3.73. The van der Waals surface area contributed by atoms with E-state index in [9.17, 15) is 0 Å². The Hall–Kier alpha value is -1.75. The third-order valence-corrected chi connectivity index (χ3v) is 3.73.